The van der Waals surface area contributed by atoms with Crippen molar-refractivity contribution >= 4 is 35.3 Å². The highest BCUT2D eigenvalue weighted by molar-refractivity contribution is 6.23. The Hall–Kier alpha value is -5.17. The van der Waals surface area contributed by atoms with Crippen LogP contribution in [0.1, 0.15) is 37.6 Å². The van der Waals surface area contributed by atoms with Crippen molar-refractivity contribution in [3.8, 4) is 11.3 Å². The molecule has 7 heteroatoms. The molecule has 1 aliphatic heterocycles. The molecular formula is C32H25NO6. The van der Waals surface area contributed by atoms with Gasteiger partial charge in [0.1, 0.15) is 11.5 Å². The first-order valence-corrected chi connectivity index (χ1v) is 12.2. The van der Waals surface area contributed by atoms with Crippen molar-refractivity contribution in [2.45, 2.75) is 6.92 Å². The fourth-order valence-corrected chi connectivity index (χ4v) is 4.50. The molecule has 0 radical (unpaired) electrons. The monoisotopic (exact) mass is 519 g/mol. The van der Waals surface area contributed by atoms with Gasteiger partial charge in [-0.25, -0.2) is 9.59 Å². The molecule has 0 fully saturated rings. The van der Waals surface area contributed by atoms with Crippen LogP contribution in [0, 0.1) is 6.92 Å². The number of carbonyl (C=O) groups is 3. The summed E-state index contributed by atoms with van der Waals surface area (Å²) in [5.74, 6) is -0.0430. The highest BCUT2D eigenvalue weighted by Crippen LogP contribution is 2.38. The summed E-state index contributed by atoms with van der Waals surface area (Å²) in [7, 11) is 2.67. The first kappa shape index (κ1) is 25.5. The Morgan fingerprint density at radius 1 is 0.795 bits per heavy atom. The maximum atomic E-state index is 13.8. The molecule has 7 nitrogen and oxygen atoms in total. The summed E-state index contributed by atoms with van der Waals surface area (Å²) < 4.78 is 15.7. The number of furan rings is 1. The van der Waals surface area contributed by atoms with Crippen molar-refractivity contribution in [1.29, 1.82) is 0 Å². The Balaban J connectivity index is 1.52. The van der Waals surface area contributed by atoms with E-state index in [4.69, 9.17) is 13.9 Å². The predicted octanol–water partition coefficient (Wildman–Crippen LogP) is 6.30. The molecule has 0 saturated heterocycles. The van der Waals surface area contributed by atoms with Crippen LogP contribution < -0.4 is 4.90 Å². The van der Waals surface area contributed by atoms with Gasteiger partial charge in [-0.1, -0.05) is 48.5 Å². The van der Waals surface area contributed by atoms with Crippen LogP contribution in [0.4, 0.5) is 5.69 Å². The Kier molecular flexibility index (Phi) is 6.97. The van der Waals surface area contributed by atoms with Crippen LogP contribution in [0.2, 0.25) is 0 Å². The zero-order chi connectivity index (χ0) is 27.5. The molecule has 3 aromatic carbocycles. The first-order chi connectivity index (χ1) is 18.9. The van der Waals surface area contributed by atoms with Crippen LogP contribution in [0.15, 0.2) is 101 Å². The van der Waals surface area contributed by atoms with Crippen molar-refractivity contribution in [3.05, 3.63) is 125 Å². The van der Waals surface area contributed by atoms with Crippen LogP contribution in [-0.4, -0.2) is 32.1 Å². The lowest BCUT2D eigenvalue weighted by Crippen LogP contribution is -2.26. The number of ether oxygens (including phenoxy) is 2. The van der Waals surface area contributed by atoms with Crippen LogP contribution in [0.25, 0.3) is 23.1 Å². The van der Waals surface area contributed by atoms with E-state index in [1.54, 1.807) is 60.4 Å². The highest BCUT2D eigenvalue weighted by atomic mass is 16.5. The van der Waals surface area contributed by atoms with E-state index in [0.717, 1.165) is 11.1 Å². The number of nitrogens with zero attached hydrogens (tertiary/aromatic N) is 1. The summed E-state index contributed by atoms with van der Waals surface area (Å²) in [5.41, 5.74) is 4.80. The minimum Gasteiger partial charge on any atom is -0.465 e. The average Bonchev–Trinajstić information content (AvgIpc) is 3.57. The number of carbonyl (C=O) groups excluding carboxylic acids is 3. The molecule has 0 atom stereocenters. The quantitative estimate of drug-likeness (QED) is 0.220. The average molecular weight is 520 g/mol. The maximum absolute atomic E-state index is 13.8. The van der Waals surface area contributed by atoms with Gasteiger partial charge in [0.2, 0.25) is 0 Å². The van der Waals surface area contributed by atoms with Crippen LogP contribution in [-0.2, 0) is 14.3 Å². The number of anilines is 1. The van der Waals surface area contributed by atoms with E-state index in [1.165, 1.54) is 14.2 Å². The van der Waals surface area contributed by atoms with Gasteiger partial charge in [-0.2, -0.15) is 0 Å². The van der Waals surface area contributed by atoms with Gasteiger partial charge in [-0.3, -0.25) is 9.69 Å². The van der Waals surface area contributed by atoms with E-state index in [1.807, 2.05) is 48.5 Å². The summed E-state index contributed by atoms with van der Waals surface area (Å²) in [4.78, 5) is 39.5. The predicted molar refractivity (Wildman–Crippen MR) is 148 cm³/mol. The molecule has 0 aliphatic carbocycles. The van der Waals surface area contributed by atoms with Gasteiger partial charge in [0.05, 0.1) is 36.7 Å². The zero-order valence-electron chi connectivity index (χ0n) is 21.6. The smallest absolute Gasteiger partial charge is 0.338 e. The standard InChI is InChI=1S/C32H25NO6/c1-20-26(32(36)38-3)10-7-11-27(20)33-28(21-8-5-4-6-9-21)19-24(30(33)34)18-25-16-17-29(39-25)22-12-14-23(15-13-22)31(35)37-2/h4-19H,1-3H3/b24-18+. The summed E-state index contributed by atoms with van der Waals surface area (Å²) in [6.45, 7) is 1.80. The largest absolute Gasteiger partial charge is 0.465 e. The molecule has 2 heterocycles. The molecular weight excluding hydrogens is 494 g/mol. The summed E-state index contributed by atoms with van der Waals surface area (Å²) >= 11 is 0. The summed E-state index contributed by atoms with van der Waals surface area (Å²) in [6, 6.07) is 25.3. The topological polar surface area (TPSA) is 86.0 Å². The van der Waals surface area contributed by atoms with Gasteiger partial charge in [0.25, 0.3) is 5.91 Å². The molecule has 194 valence electrons. The number of hydrogen-bond donors (Lipinski definition) is 0. The molecule has 1 aliphatic rings. The summed E-state index contributed by atoms with van der Waals surface area (Å²) in [5, 5.41) is 0. The van der Waals surface area contributed by atoms with Crippen LogP contribution in [0.3, 0.4) is 0 Å². The Labute approximate surface area is 225 Å². The van der Waals surface area contributed by atoms with Crippen molar-refractivity contribution in [2.75, 3.05) is 19.1 Å². The molecule has 0 spiro atoms. The third-order valence-electron chi connectivity index (χ3n) is 6.52. The third-order valence-corrected chi connectivity index (χ3v) is 6.52. The first-order valence-electron chi connectivity index (χ1n) is 12.2. The molecule has 4 aromatic rings. The normalized spacial score (nSPS) is 13.9. The molecule has 0 N–H and O–H groups in total. The van der Waals surface area contributed by atoms with E-state index < -0.39 is 11.9 Å². The van der Waals surface area contributed by atoms with Gasteiger partial charge >= 0.3 is 11.9 Å². The number of rotatable bonds is 6. The number of esters is 2. The molecule has 39 heavy (non-hydrogen) atoms. The van der Waals surface area contributed by atoms with E-state index in [-0.39, 0.29) is 5.91 Å². The fourth-order valence-electron chi connectivity index (χ4n) is 4.50. The Morgan fingerprint density at radius 3 is 2.21 bits per heavy atom. The Bertz CT molecular complexity index is 1630. The van der Waals surface area contributed by atoms with Crippen LogP contribution >= 0.6 is 0 Å². The number of amides is 1. The minimum absolute atomic E-state index is 0.251. The third kappa shape index (κ3) is 4.90. The molecule has 0 bridgehead atoms. The van der Waals surface area contributed by atoms with Gasteiger partial charge in [0, 0.05) is 11.1 Å². The molecule has 5 rings (SSSR count). The van der Waals surface area contributed by atoms with E-state index in [9.17, 15) is 14.4 Å². The van der Waals surface area contributed by atoms with Gasteiger partial charge < -0.3 is 13.9 Å². The van der Waals surface area contributed by atoms with Crippen molar-refractivity contribution in [3.63, 3.8) is 0 Å². The van der Waals surface area contributed by atoms with E-state index in [0.29, 0.717) is 45.2 Å². The highest BCUT2D eigenvalue weighted by Gasteiger charge is 2.32. The van der Waals surface area contributed by atoms with Gasteiger partial charge in [-0.05, 0) is 66.6 Å². The minimum atomic E-state index is -0.468. The van der Waals surface area contributed by atoms with Crippen molar-refractivity contribution in [1.82, 2.24) is 0 Å². The lowest BCUT2D eigenvalue weighted by Gasteiger charge is -2.23. The van der Waals surface area contributed by atoms with Crippen molar-refractivity contribution < 1.29 is 28.3 Å². The number of methoxy groups -OCH3 is 2. The number of benzene rings is 3. The van der Waals surface area contributed by atoms with E-state index in [2.05, 4.69) is 0 Å². The van der Waals surface area contributed by atoms with Gasteiger partial charge in [0.15, 0.2) is 0 Å². The molecule has 1 amide bonds. The van der Waals surface area contributed by atoms with Crippen molar-refractivity contribution in [2.24, 2.45) is 0 Å². The second-order valence-electron chi connectivity index (χ2n) is 8.85. The maximum Gasteiger partial charge on any atom is 0.338 e. The second-order valence-corrected chi connectivity index (χ2v) is 8.85. The molecule has 0 unspecified atom stereocenters. The molecule has 0 saturated carbocycles. The zero-order valence-corrected chi connectivity index (χ0v) is 21.6. The lowest BCUT2D eigenvalue weighted by molar-refractivity contribution is -0.113. The SMILES string of the molecule is COC(=O)c1ccc(-c2ccc(/C=C3\C=C(c4ccccc4)N(c4cccc(C(=O)OC)c4C)C3=O)o2)cc1. The number of hydrogen-bond acceptors (Lipinski definition) is 6. The van der Waals surface area contributed by atoms with Gasteiger partial charge in [-0.15, -0.1) is 0 Å². The molecule has 1 aromatic heterocycles. The van der Waals surface area contributed by atoms with Crippen LogP contribution in [0.5, 0.6) is 0 Å². The second kappa shape index (κ2) is 10.7. The Morgan fingerprint density at radius 2 is 1.51 bits per heavy atom. The van der Waals surface area contributed by atoms with E-state index >= 15 is 0 Å². The summed E-state index contributed by atoms with van der Waals surface area (Å²) in [6.07, 6.45) is 3.51. The lowest BCUT2D eigenvalue weighted by atomic mass is 10.0. The fraction of sp³-hybridized carbons (Fsp3) is 0.0938.